The van der Waals surface area contributed by atoms with Crippen molar-refractivity contribution in [3.05, 3.63) is 53.4 Å². The van der Waals surface area contributed by atoms with Crippen LogP contribution in [0.4, 0.5) is 4.79 Å². The number of benzene rings is 1. The summed E-state index contributed by atoms with van der Waals surface area (Å²) >= 11 is 1.49. The van der Waals surface area contributed by atoms with E-state index in [9.17, 15) is 24.3 Å². The van der Waals surface area contributed by atoms with Gasteiger partial charge >= 0.3 is 12.1 Å². The Kier molecular flexibility index (Phi) is 9.91. The van der Waals surface area contributed by atoms with Gasteiger partial charge in [-0.05, 0) is 76.5 Å². The first-order valence-corrected chi connectivity index (χ1v) is 17.8. The molecule has 6 rings (SSSR count). The number of alkyl carbamates (subject to hydrolysis) is 1. The summed E-state index contributed by atoms with van der Waals surface area (Å²) in [6, 6.07) is 9.29. The zero-order chi connectivity index (χ0) is 34.8. The first-order valence-electron chi connectivity index (χ1n) is 16.9. The van der Waals surface area contributed by atoms with Gasteiger partial charge in [0.2, 0.25) is 17.7 Å². The number of aliphatic carboxylic acids is 1. The van der Waals surface area contributed by atoms with Gasteiger partial charge in [-0.2, -0.15) is 0 Å². The van der Waals surface area contributed by atoms with Crippen LogP contribution in [0.3, 0.4) is 0 Å². The van der Waals surface area contributed by atoms with Gasteiger partial charge in [-0.1, -0.05) is 42.7 Å². The van der Waals surface area contributed by atoms with Gasteiger partial charge in [0.1, 0.15) is 35.0 Å². The molecule has 12 nitrogen and oxygen atoms in total. The van der Waals surface area contributed by atoms with Crippen LogP contribution in [-0.2, 0) is 19.1 Å². The highest BCUT2D eigenvalue weighted by Gasteiger charge is 2.49. The summed E-state index contributed by atoms with van der Waals surface area (Å²) < 4.78 is 12.0. The zero-order valence-electron chi connectivity index (χ0n) is 28.1. The third kappa shape index (κ3) is 7.87. The number of nitrogens with one attached hydrogen (secondary N) is 2. The topological polar surface area (TPSA) is 160 Å². The molecule has 1 saturated heterocycles. The van der Waals surface area contributed by atoms with Gasteiger partial charge in [0.25, 0.3) is 0 Å². The molecule has 2 aromatic heterocycles. The van der Waals surface area contributed by atoms with E-state index < -0.39 is 53.2 Å². The fraction of sp³-hybridized carbons (Fsp3) is 0.500. The minimum Gasteiger partial charge on any atom is -0.479 e. The van der Waals surface area contributed by atoms with Crippen LogP contribution in [0.25, 0.3) is 21.6 Å². The molecule has 13 heteroatoms. The molecule has 3 amide bonds. The Balaban J connectivity index is 1.34. The summed E-state index contributed by atoms with van der Waals surface area (Å²) in [6.07, 6.45) is 5.29. The lowest BCUT2D eigenvalue weighted by Gasteiger charge is -2.32. The molecule has 3 aliphatic rings. The highest BCUT2D eigenvalue weighted by atomic mass is 32.1. The number of fused-ring (bicyclic) bond motifs is 4. The number of carboxylic acid groups (broad SMARTS) is 1. The maximum absolute atomic E-state index is 14.4. The van der Waals surface area contributed by atoms with Crippen LogP contribution in [-0.4, -0.2) is 79.7 Å². The number of ether oxygens (including phenoxy) is 2. The fourth-order valence-electron chi connectivity index (χ4n) is 6.83. The fourth-order valence-corrected chi connectivity index (χ4v) is 7.54. The first kappa shape index (κ1) is 34.3. The number of carbonyl (C=O) groups is 4. The zero-order valence-corrected chi connectivity index (χ0v) is 28.9. The second-order valence-corrected chi connectivity index (χ2v) is 15.0. The van der Waals surface area contributed by atoms with Crippen LogP contribution in [0.15, 0.2) is 53.4 Å². The molecule has 49 heavy (non-hydrogen) atoms. The molecule has 260 valence electrons. The van der Waals surface area contributed by atoms with Gasteiger partial charge < -0.3 is 30.1 Å². The number of rotatable bonds is 5. The maximum Gasteiger partial charge on any atom is 0.408 e. The Morgan fingerprint density at radius 2 is 1.86 bits per heavy atom. The van der Waals surface area contributed by atoms with Crippen molar-refractivity contribution in [1.29, 1.82) is 0 Å². The summed E-state index contributed by atoms with van der Waals surface area (Å²) in [5.74, 6) is -1.85. The molecule has 1 saturated carbocycles. The van der Waals surface area contributed by atoms with Crippen LogP contribution in [0.2, 0.25) is 0 Å². The molecule has 0 spiro atoms. The Morgan fingerprint density at radius 1 is 1.08 bits per heavy atom. The van der Waals surface area contributed by atoms with Crippen molar-refractivity contribution in [2.24, 2.45) is 0 Å². The van der Waals surface area contributed by atoms with Gasteiger partial charge in [0, 0.05) is 12.8 Å². The average Bonchev–Trinajstić information content (AvgIpc) is 3.81. The van der Waals surface area contributed by atoms with Crippen molar-refractivity contribution in [3.8, 4) is 16.5 Å². The molecule has 3 N–H and O–H groups in total. The number of allylic oxidation sites excluding steroid dienone is 1. The first-order chi connectivity index (χ1) is 23.4. The van der Waals surface area contributed by atoms with E-state index in [2.05, 4.69) is 16.7 Å². The summed E-state index contributed by atoms with van der Waals surface area (Å²) in [5, 5.41) is 17.9. The summed E-state index contributed by atoms with van der Waals surface area (Å²) in [4.78, 5) is 66.0. The maximum atomic E-state index is 14.4. The SMILES string of the molecule is CC(C)(C)OC(=O)N[C@H]1CCCCC/C=C2/CC[C@](C(=O)O)(C2)NC(=O)[C@@H]2C[C@@H](Oc3nc4ccccc4nc3-c3cccs3)CN2C1=O. The van der Waals surface area contributed by atoms with Crippen LogP contribution in [0, 0.1) is 0 Å². The lowest BCUT2D eigenvalue weighted by Crippen LogP contribution is -2.59. The predicted molar refractivity (Wildman–Crippen MR) is 184 cm³/mol. The molecule has 4 atom stereocenters. The third-order valence-electron chi connectivity index (χ3n) is 9.21. The smallest absolute Gasteiger partial charge is 0.408 e. The molecule has 1 aliphatic carbocycles. The number of nitrogens with zero attached hydrogens (tertiary/aromatic N) is 3. The van der Waals surface area contributed by atoms with Crippen molar-refractivity contribution in [3.63, 3.8) is 0 Å². The number of carboxylic acids is 1. The normalized spacial score (nSPS) is 26.1. The van der Waals surface area contributed by atoms with E-state index in [-0.39, 0.29) is 31.7 Å². The number of hydrogen-bond donors (Lipinski definition) is 3. The van der Waals surface area contributed by atoms with Crippen LogP contribution in [0.5, 0.6) is 5.88 Å². The standard InChI is InChI=1S/C36H43N5O7S/c1-35(2,3)48-34(46)39-26-14-7-5-4-6-11-22-16-17-36(20-22,33(44)45)40-30(42)27-19-23(21-41(27)32(26)43)47-31-29(28-15-10-18-49-28)37-24-12-8-9-13-25(24)38-31/h8-13,15,18,23,26-27H,4-7,14,16-17,19-21H2,1-3H3,(H,39,46)(H,40,42)(H,44,45)/b22-11-/t23-,26+,27+,36-/m1/s1. The Labute approximate surface area is 289 Å². The van der Waals surface area contributed by atoms with Crippen molar-refractivity contribution < 1.29 is 33.8 Å². The number of hydrogen-bond acceptors (Lipinski definition) is 9. The molecule has 2 bridgehead atoms. The number of thiophene rings is 1. The highest BCUT2D eigenvalue weighted by Crippen LogP contribution is 2.37. The molecular formula is C36H43N5O7S. The average molecular weight is 690 g/mol. The number of carbonyl (C=O) groups excluding carboxylic acids is 3. The molecule has 0 radical (unpaired) electrons. The Bertz CT molecular complexity index is 1750. The summed E-state index contributed by atoms with van der Waals surface area (Å²) in [6.45, 7) is 5.25. The minimum atomic E-state index is -1.47. The van der Waals surface area contributed by atoms with E-state index in [0.717, 1.165) is 29.7 Å². The number of aromatic nitrogens is 2. The van der Waals surface area contributed by atoms with Crippen molar-refractivity contribution in [2.45, 2.75) is 108 Å². The second kappa shape index (κ2) is 14.1. The van der Waals surface area contributed by atoms with Crippen molar-refractivity contribution in [1.82, 2.24) is 25.5 Å². The molecule has 0 unspecified atom stereocenters. The van der Waals surface area contributed by atoms with Gasteiger partial charge in [-0.3, -0.25) is 9.59 Å². The summed E-state index contributed by atoms with van der Waals surface area (Å²) in [5.41, 5.74) is 0.649. The van der Waals surface area contributed by atoms with Gasteiger partial charge in [0.15, 0.2) is 0 Å². The molecular weight excluding hydrogens is 646 g/mol. The Hall–Kier alpha value is -4.52. The lowest BCUT2D eigenvalue weighted by atomic mass is 9.96. The van der Waals surface area contributed by atoms with E-state index in [0.29, 0.717) is 36.0 Å². The molecule has 2 aliphatic heterocycles. The van der Waals surface area contributed by atoms with Crippen molar-refractivity contribution in [2.75, 3.05) is 6.54 Å². The van der Waals surface area contributed by atoms with Gasteiger partial charge in [-0.25, -0.2) is 19.6 Å². The molecule has 1 aromatic carbocycles. The van der Waals surface area contributed by atoms with Crippen LogP contribution in [0.1, 0.15) is 78.6 Å². The largest absolute Gasteiger partial charge is 0.479 e. The van der Waals surface area contributed by atoms with E-state index in [1.165, 1.54) is 16.2 Å². The lowest BCUT2D eigenvalue weighted by molar-refractivity contribution is -0.149. The van der Waals surface area contributed by atoms with Crippen molar-refractivity contribution >= 4 is 46.2 Å². The van der Waals surface area contributed by atoms with Crippen LogP contribution >= 0.6 is 11.3 Å². The van der Waals surface area contributed by atoms with Crippen LogP contribution < -0.4 is 15.4 Å². The van der Waals surface area contributed by atoms with Gasteiger partial charge in [0.05, 0.1) is 22.5 Å². The number of para-hydroxylation sites is 2. The third-order valence-corrected chi connectivity index (χ3v) is 10.1. The molecule has 2 fully saturated rings. The van der Waals surface area contributed by atoms with E-state index in [1.807, 2.05) is 41.8 Å². The molecule has 4 heterocycles. The highest BCUT2D eigenvalue weighted by molar-refractivity contribution is 7.13. The minimum absolute atomic E-state index is 0.0209. The van der Waals surface area contributed by atoms with E-state index >= 15 is 0 Å². The molecule has 3 aromatic rings. The Morgan fingerprint density at radius 3 is 2.57 bits per heavy atom. The monoisotopic (exact) mass is 689 g/mol. The number of amides is 3. The quantitative estimate of drug-likeness (QED) is 0.289. The van der Waals surface area contributed by atoms with E-state index in [1.54, 1.807) is 20.8 Å². The second-order valence-electron chi connectivity index (χ2n) is 14.1. The summed E-state index contributed by atoms with van der Waals surface area (Å²) in [7, 11) is 0. The predicted octanol–water partition coefficient (Wildman–Crippen LogP) is 5.61. The van der Waals surface area contributed by atoms with E-state index in [4.69, 9.17) is 19.4 Å². The van der Waals surface area contributed by atoms with Gasteiger partial charge in [-0.15, -0.1) is 11.3 Å².